The Morgan fingerprint density at radius 1 is 1.17 bits per heavy atom. The maximum atomic E-state index is 11.7. The summed E-state index contributed by atoms with van der Waals surface area (Å²) < 4.78 is 24.1. The summed E-state index contributed by atoms with van der Waals surface area (Å²) in [7, 11) is -3.27. The van der Waals surface area contributed by atoms with Gasteiger partial charge in [-0.1, -0.05) is 29.5 Å². The molecule has 0 unspecified atom stereocenters. The minimum atomic E-state index is -3.27. The summed E-state index contributed by atoms with van der Waals surface area (Å²) in [5, 5.41) is 11.3. The van der Waals surface area contributed by atoms with Crippen LogP contribution in [0, 0.1) is 0 Å². The van der Waals surface area contributed by atoms with E-state index in [9.17, 15) is 13.2 Å². The van der Waals surface area contributed by atoms with Crippen LogP contribution in [-0.2, 0) is 9.84 Å². The number of thiazole rings is 1. The first-order chi connectivity index (χ1) is 10.8. The van der Waals surface area contributed by atoms with E-state index < -0.39 is 15.9 Å². The van der Waals surface area contributed by atoms with Crippen molar-refractivity contribution in [2.75, 3.05) is 11.6 Å². The average Bonchev–Trinajstić information content (AvgIpc) is 2.86. The number of benzene rings is 2. The van der Waals surface area contributed by atoms with E-state index in [1.807, 2.05) is 18.2 Å². The van der Waals surface area contributed by atoms with Gasteiger partial charge in [0.2, 0.25) is 0 Å². The van der Waals surface area contributed by atoms with E-state index in [0.29, 0.717) is 10.6 Å². The molecule has 0 fully saturated rings. The predicted molar refractivity (Wildman–Crippen MR) is 89.8 cm³/mol. The fraction of sp³-hybridized carbons (Fsp3) is 0.0667. The first-order valence-corrected chi connectivity index (χ1v) is 9.25. The molecule has 0 bridgehead atoms. The van der Waals surface area contributed by atoms with Crippen molar-refractivity contribution in [1.29, 1.82) is 0 Å². The van der Waals surface area contributed by atoms with Crippen LogP contribution >= 0.6 is 11.3 Å². The number of fused-ring (bicyclic) bond motifs is 1. The number of hydrogen-bond donors (Lipinski definition) is 2. The molecule has 1 aromatic heterocycles. The monoisotopic (exact) mass is 348 g/mol. The van der Waals surface area contributed by atoms with Crippen molar-refractivity contribution in [3.8, 4) is 11.1 Å². The second-order valence-electron chi connectivity index (χ2n) is 4.93. The maximum Gasteiger partial charge on any atom is 0.410 e. The number of anilines is 1. The molecule has 0 atom stereocenters. The molecular formula is C15H12N2O4S2. The third-order valence-corrected chi connectivity index (χ3v) is 5.24. The standard InChI is InChI=1S/C15H12N2O4S2/c1-23(20,21)11-4-2-3-9(7-11)10-5-6-12-13(8-10)22-14(16-12)17-15(18)19/h2-8H,1H3,(H,16,17)(H,18,19). The fourth-order valence-corrected chi connectivity index (χ4v) is 3.72. The van der Waals surface area contributed by atoms with Crippen molar-refractivity contribution in [2.45, 2.75) is 4.90 Å². The largest absolute Gasteiger partial charge is 0.465 e. The topological polar surface area (TPSA) is 96.4 Å². The highest BCUT2D eigenvalue weighted by Gasteiger charge is 2.10. The van der Waals surface area contributed by atoms with Gasteiger partial charge in [-0.05, 0) is 35.4 Å². The number of carboxylic acid groups (broad SMARTS) is 1. The first kappa shape index (κ1) is 15.4. The second-order valence-corrected chi connectivity index (χ2v) is 7.98. The summed E-state index contributed by atoms with van der Waals surface area (Å²) in [5.74, 6) is 0. The smallest absolute Gasteiger partial charge is 0.410 e. The van der Waals surface area contributed by atoms with Crippen LogP contribution in [0.15, 0.2) is 47.4 Å². The van der Waals surface area contributed by atoms with E-state index in [1.54, 1.807) is 24.3 Å². The minimum Gasteiger partial charge on any atom is -0.465 e. The number of nitrogens with one attached hydrogen (secondary N) is 1. The van der Waals surface area contributed by atoms with Crippen LogP contribution in [0.3, 0.4) is 0 Å². The van der Waals surface area contributed by atoms with E-state index in [1.165, 1.54) is 17.6 Å². The van der Waals surface area contributed by atoms with Crippen molar-refractivity contribution >= 4 is 42.6 Å². The summed E-state index contributed by atoms with van der Waals surface area (Å²) in [6.45, 7) is 0. The van der Waals surface area contributed by atoms with Crippen LogP contribution in [0.5, 0.6) is 0 Å². The van der Waals surface area contributed by atoms with Crippen LogP contribution in [0.1, 0.15) is 0 Å². The zero-order valence-corrected chi connectivity index (χ0v) is 13.6. The van der Waals surface area contributed by atoms with Crippen LogP contribution in [0.25, 0.3) is 21.3 Å². The molecule has 0 saturated heterocycles. The summed E-state index contributed by atoms with van der Waals surface area (Å²) in [4.78, 5) is 15.1. The average molecular weight is 348 g/mol. The first-order valence-electron chi connectivity index (χ1n) is 6.54. The molecule has 118 valence electrons. The van der Waals surface area contributed by atoms with Crippen LogP contribution in [0.4, 0.5) is 9.93 Å². The van der Waals surface area contributed by atoms with Gasteiger partial charge < -0.3 is 5.11 Å². The van der Waals surface area contributed by atoms with Gasteiger partial charge in [0.25, 0.3) is 0 Å². The molecule has 0 aliphatic carbocycles. The van der Waals surface area contributed by atoms with Crippen molar-refractivity contribution in [3.63, 3.8) is 0 Å². The molecule has 0 spiro atoms. The Morgan fingerprint density at radius 2 is 1.91 bits per heavy atom. The zero-order chi connectivity index (χ0) is 16.6. The van der Waals surface area contributed by atoms with Crippen LogP contribution in [-0.4, -0.2) is 30.9 Å². The van der Waals surface area contributed by atoms with E-state index in [4.69, 9.17) is 5.11 Å². The molecule has 1 amide bonds. The lowest BCUT2D eigenvalue weighted by Crippen LogP contribution is -2.06. The predicted octanol–water partition coefficient (Wildman–Crippen LogP) is 3.46. The number of sulfone groups is 1. The van der Waals surface area contributed by atoms with E-state index in [0.717, 1.165) is 15.8 Å². The Hall–Kier alpha value is -2.45. The summed E-state index contributed by atoms with van der Waals surface area (Å²) in [6.07, 6.45) is 0.00708. The highest BCUT2D eigenvalue weighted by Crippen LogP contribution is 2.31. The Labute approximate surface area is 136 Å². The van der Waals surface area contributed by atoms with Gasteiger partial charge in [-0.2, -0.15) is 0 Å². The van der Waals surface area contributed by atoms with E-state index in [2.05, 4.69) is 10.3 Å². The number of rotatable bonds is 3. The summed E-state index contributed by atoms with van der Waals surface area (Å²) in [6, 6.07) is 12.2. The Kier molecular flexibility index (Phi) is 3.78. The molecular weight excluding hydrogens is 336 g/mol. The van der Waals surface area contributed by atoms with E-state index >= 15 is 0 Å². The molecule has 0 saturated carbocycles. The molecule has 23 heavy (non-hydrogen) atoms. The Morgan fingerprint density at radius 3 is 2.61 bits per heavy atom. The lowest BCUT2D eigenvalue weighted by molar-refractivity contribution is 0.209. The molecule has 8 heteroatoms. The van der Waals surface area contributed by atoms with Gasteiger partial charge in [-0.15, -0.1) is 0 Å². The van der Waals surface area contributed by atoms with Crippen LogP contribution in [0.2, 0.25) is 0 Å². The quantitative estimate of drug-likeness (QED) is 0.755. The second kappa shape index (κ2) is 5.64. The fourth-order valence-electron chi connectivity index (χ4n) is 2.16. The molecule has 1 heterocycles. The highest BCUT2D eigenvalue weighted by molar-refractivity contribution is 7.90. The van der Waals surface area contributed by atoms with Crippen molar-refractivity contribution in [3.05, 3.63) is 42.5 Å². The van der Waals surface area contributed by atoms with Gasteiger partial charge in [0.1, 0.15) is 0 Å². The van der Waals surface area contributed by atoms with Crippen molar-refractivity contribution < 1.29 is 18.3 Å². The van der Waals surface area contributed by atoms with E-state index in [-0.39, 0.29) is 4.90 Å². The van der Waals surface area contributed by atoms with Gasteiger partial charge in [0.05, 0.1) is 15.1 Å². The highest BCUT2D eigenvalue weighted by atomic mass is 32.2. The number of carbonyl (C=O) groups is 1. The lowest BCUT2D eigenvalue weighted by atomic mass is 10.1. The zero-order valence-electron chi connectivity index (χ0n) is 12.0. The number of hydrogen-bond acceptors (Lipinski definition) is 5. The van der Waals surface area contributed by atoms with Gasteiger partial charge in [0, 0.05) is 6.26 Å². The number of amides is 1. The minimum absolute atomic E-state index is 0.257. The molecule has 6 nitrogen and oxygen atoms in total. The van der Waals surface area contributed by atoms with Gasteiger partial charge in [0.15, 0.2) is 15.0 Å². The maximum absolute atomic E-state index is 11.7. The summed E-state index contributed by atoms with van der Waals surface area (Å²) in [5.41, 5.74) is 2.30. The third-order valence-electron chi connectivity index (χ3n) is 3.20. The van der Waals surface area contributed by atoms with Crippen LogP contribution < -0.4 is 5.32 Å². The normalized spacial score (nSPS) is 11.5. The van der Waals surface area contributed by atoms with Crippen molar-refractivity contribution in [2.24, 2.45) is 0 Å². The van der Waals surface area contributed by atoms with Gasteiger partial charge >= 0.3 is 6.09 Å². The van der Waals surface area contributed by atoms with Crippen molar-refractivity contribution in [1.82, 2.24) is 4.98 Å². The third kappa shape index (κ3) is 3.33. The Bertz CT molecular complexity index is 1010. The molecule has 0 aliphatic heterocycles. The molecule has 3 rings (SSSR count). The molecule has 0 radical (unpaired) electrons. The molecule has 0 aliphatic rings. The summed E-state index contributed by atoms with van der Waals surface area (Å²) >= 11 is 1.22. The molecule has 3 aromatic rings. The van der Waals surface area contributed by atoms with Gasteiger partial charge in [-0.25, -0.2) is 18.2 Å². The SMILES string of the molecule is CS(=O)(=O)c1cccc(-c2ccc3nc(NC(=O)O)sc3c2)c1. The number of aromatic nitrogens is 1. The molecule has 2 aromatic carbocycles. The Balaban J connectivity index is 2.05. The molecule has 2 N–H and O–H groups in total. The lowest BCUT2D eigenvalue weighted by Gasteiger charge is -2.04. The van der Waals surface area contributed by atoms with Gasteiger partial charge in [-0.3, -0.25) is 5.32 Å². The number of nitrogens with zero attached hydrogens (tertiary/aromatic N) is 1.